The highest BCUT2D eigenvalue weighted by Crippen LogP contribution is 2.35. The molecule has 0 aliphatic rings. The molecule has 6 nitrogen and oxygen atoms in total. The van der Waals surface area contributed by atoms with E-state index in [1.807, 2.05) is 29.0 Å². The normalized spacial score (nSPS) is 10.6. The molecular weight excluding hydrogens is 404 g/mol. The summed E-state index contributed by atoms with van der Waals surface area (Å²) in [5, 5.41) is 11.1. The van der Waals surface area contributed by atoms with Gasteiger partial charge in [-0.1, -0.05) is 29.4 Å². The fraction of sp³-hybridized carbons (Fsp3) is 0.167. The first kappa shape index (κ1) is 19.3. The van der Waals surface area contributed by atoms with Crippen LogP contribution in [0.15, 0.2) is 41.8 Å². The highest BCUT2D eigenvalue weighted by molar-refractivity contribution is 7.98. The van der Waals surface area contributed by atoms with Gasteiger partial charge in [-0.25, -0.2) is 9.78 Å². The van der Waals surface area contributed by atoms with Gasteiger partial charge in [-0.15, -0.1) is 11.3 Å². The van der Waals surface area contributed by atoms with Crippen LogP contribution in [0.2, 0.25) is 5.02 Å². The predicted molar refractivity (Wildman–Crippen MR) is 108 cm³/mol. The Hall–Kier alpha value is -2.47. The predicted octanol–water partition coefficient (Wildman–Crippen LogP) is 4.51. The number of imidazole rings is 1. The average Bonchev–Trinajstić information content (AvgIpc) is 3.24. The maximum absolute atomic E-state index is 12.2. The van der Waals surface area contributed by atoms with Crippen LogP contribution < -0.4 is 5.73 Å². The van der Waals surface area contributed by atoms with Crippen LogP contribution >= 0.6 is 34.7 Å². The van der Waals surface area contributed by atoms with Gasteiger partial charge in [-0.3, -0.25) is 4.57 Å². The molecule has 1 aromatic carbocycles. The number of halogens is 1. The Kier molecular flexibility index (Phi) is 6.06. The molecule has 3 rings (SSSR count). The molecule has 138 valence electrons. The Morgan fingerprint density at radius 2 is 2.33 bits per heavy atom. The second-order valence-corrected chi connectivity index (χ2v) is 7.76. The lowest BCUT2D eigenvalue weighted by Gasteiger charge is -2.08. The number of hydrogen-bond acceptors (Lipinski definition) is 7. The molecule has 0 amide bonds. The number of aromatic nitrogens is 2. The second kappa shape index (κ2) is 8.48. The molecule has 3 aromatic rings. The summed E-state index contributed by atoms with van der Waals surface area (Å²) in [7, 11) is 0. The summed E-state index contributed by atoms with van der Waals surface area (Å²) in [6, 6.07) is 9.50. The largest absolute Gasteiger partial charge is 0.462 e. The molecule has 9 heteroatoms. The van der Waals surface area contributed by atoms with Crippen molar-refractivity contribution >= 4 is 45.7 Å². The number of carbonyl (C=O) groups excluding carboxylic acids is 1. The van der Waals surface area contributed by atoms with Crippen molar-refractivity contribution in [1.29, 1.82) is 5.26 Å². The zero-order chi connectivity index (χ0) is 19.4. The van der Waals surface area contributed by atoms with Gasteiger partial charge >= 0.3 is 5.97 Å². The van der Waals surface area contributed by atoms with E-state index in [4.69, 9.17) is 22.1 Å². The second-order valence-electron chi connectivity index (χ2n) is 5.33. The lowest BCUT2D eigenvalue weighted by molar-refractivity contribution is 0.0531. The first-order chi connectivity index (χ1) is 13.0. The van der Waals surface area contributed by atoms with E-state index in [-0.39, 0.29) is 6.61 Å². The van der Waals surface area contributed by atoms with Gasteiger partial charge in [-0.05, 0) is 25.1 Å². The van der Waals surface area contributed by atoms with E-state index in [2.05, 4.69) is 11.1 Å². The molecule has 0 radical (unpaired) electrons. The zero-order valence-corrected chi connectivity index (χ0v) is 16.7. The smallest absolute Gasteiger partial charge is 0.348 e. The fourth-order valence-corrected chi connectivity index (χ4v) is 4.67. The molecule has 2 heterocycles. The first-order valence-electron chi connectivity index (χ1n) is 7.95. The van der Waals surface area contributed by atoms with Crippen LogP contribution in [0, 0.1) is 11.3 Å². The minimum absolute atomic E-state index is 0.254. The van der Waals surface area contributed by atoms with Crippen molar-refractivity contribution < 1.29 is 9.53 Å². The van der Waals surface area contributed by atoms with Crippen molar-refractivity contribution in [1.82, 2.24) is 9.55 Å². The zero-order valence-electron chi connectivity index (χ0n) is 14.3. The summed E-state index contributed by atoms with van der Waals surface area (Å²) < 4.78 is 6.98. The van der Waals surface area contributed by atoms with E-state index < -0.39 is 5.97 Å². The maximum Gasteiger partial charge on any atom is 0.348 e. The van der Waals surface area contributed by atoms with E-state index in [1.54, 1.807) is 19.2 Å². The minimum Gasteiger partial charge on any atom is -0.462 e. The Balaban J connectivity index is 1.89. The summed E-state index contributed by atoms with van der Waals surface area (Å²) in [6.45, 7) is 1.99. The molecule has 0 bridgehead atoms. The molecular formula is C18H15ClN4O2S2. The quantitative estimate of drug-likeness (QED) is 0.467. The van der Waals surface area contributed by atoms with Crippen molar-refractivity contribution in [3.8, 4) is 11.8 Å². The van der Waals surface area contributed by atoms with Gasteiger partial charge in [0.1, 0.15) is 15.9 Å². The number of ether oxygens (including phenoxy) is 1. The molecule has 0 aliphatic heterocycles. The monoisotopic (exact) mass is 418 g/mol. The summed E-state index contributed by atoms with van der Waals surface area (Å²) in [4.78, 5) is 16.9. The summed E-state index contributed by atoms with van der Waals surface area (Å²) in [5.74, 6) is -0.105. The van der Waals surface area contributed by atoms with Crippen molar-refractivity contribution in [2.75, 3.05) is 12.3 Å². The molecule has 2 N–H and O–H groups in total. The van der Waals surface area contributed by atoms with Gasteiger partial charge in [0.15, 0.2) is 5.16 Å². The van der Waals surface area contributed by atoms with Crippen LogP contribution in [-0.2, 0) is 10.5 Å². The average molecular weight is 419 g/mol. The van der Waals surface area contributed by atoms with Gasteiger partial charge in [0.25, 0.3) is 0 Å². The van der Waals surface area contributed by atoms with Crippen LogP contribution in [-0.4, -0.2) is 22.1 Å². The minimum atomic E-state index is -0.468. The van der Waals surface area contributed by atoms with Gasteiger partial charge < -0.3 is 10.5 Å². The molecule has 0 saturated heterocycles. The Labute approximate surface area is 169 Å². The van der Waals surface area contributed by atoms with Gasteiger partial charge in [0.05, 0.1) is 12.2 Å². The highest BCUT2D eigenvalue weighted by atomic mass is 35.5. The lowest BCUT2D eigenvalue weighted by Crippen LogP contribution is -2.05. The van der Waals surface area contributed by atoms with Crippen molar-refractivity contribution in [3.05, 3.63) is 57.7 Å². The topological polar surface area (TPSA) is 93.9 Å². The number of nitrogens with two attached hydrogens (primary N) is 1. The van der Waals surface area contributed by atoms with E-state index in [0.717, 1.165) is 17.0 Å². The van der Waals surface area contributed by atoms with Crippen molar-refractivity contribution in [2.45, 2.75) is 17.8 Å². The third-order valence-corrected chi connectivity index (χ3v) is 5.92. The third-order valence-electron chi connectivity index (χ3n) is 3.65. The van der Waals surface area contributed by atoms with Crippen LogP contribution in [0.25, 0.3) is 5.69 Å². The van der Waals surface area contributed by atoms with E-state index in [0.29, 0.717) is 36.9 Å². The Bertz CT molecular complexity index is 1020. The fourth-order valence-electron chi connectivity index (χ4n) is 2.46. The van der Waals surface area contributed by atoms with Crippen LogP contribution in [0.3, 0.4) is 0 Å². The molecule has 0 saturated carbocycles. The summed E-state index contributed by atoms with van der Waals surface area (Å²) in [5.41, 5.74) is 7.68. The number of esters is 1. The van der Waals surface area contributed by atoms with Crippen LogP contribution in [0.1, 0.15) is 27.7 Å². The van der Waals surface area contributed by atoms with Gasteiger partial charge in [-0.2, -0.15) is 5.26 Å². The molecule has 0 atom stereocenters. The molecule has 0 aliphatic carbocycles. The first-order valence-corrected chi connectivity index (χ1v) is 10.1. The Morgan fingerprint density at radius 3 is 3.04 bits per heavy atom. The standard InChI is InChI=1S/C18H15ClN4O2S2/c1-2-25-17(24)15-14(13(9-20)16(21)27-15)10-26-18-22-6-7-23(18)12-5-3-4-11(19)8-12/h3-8H,2,10,21H2,1H3. The van der Waals surface area contributed by atoms with E-state index in [9.17, 15) is 10.1 Å². The Morgan fingerprint density at radius 1 is 1.52 bits per heavy atom. The molecule has 27 heavy (non-hydrogen) atoms. The number of thiophene rings is 1. The highest BCUT2D eigenvalue weighted by Gasteiger charge is 2.23. The molecule has 0 unspecified atom stereocenters. The third kappa shape index (κ3) is 4.11. The molecule has 2 aromatic heterocycles. The molecule has 0 fully saturated rings. The van der Waals surface area contributed by atoms with E-state index in [1.165, 1.54) is 11.8 Å². The number of anilines is 1. The number of rotatable bonds is 6. The number of nitriles is 1. The number of nitrogens with zero attached hydrogens (tertiary/aromatic N) is 3. The number of hydrogen-bond donors (Lipinski definition) is 1. The molecule has 0 spiro atoms. The number of thioether (sulfide) groups is 1. The number of nitrogen functional groups attached to an aromatic ring is 1. The van der Waals surface area contributed by atoms with Crippen LogP contribution in [0.4, 0.5) is 5.00 Å². The lowest BCUT2D eigenvalue weighted by atomic mass is 10.2. The van der Waals surface area contributed by atoms with E-state index >= 15 is 0 Å². The SMILES string of the molecule is CCOC(=O)c1sc(N)c(C#N)c1CSc1nccn1-c1cccc(Cl)c1. The van der Waals surface area contributed by atoms with Gasteiger partial charge in [0, 0.05) is 34.4 Å². The van der Waals surface area contributed by atoms with Crippen molar-refractivity contribution in [3.63, 3.8) is 0 Å². The number of carbonyl (C=O) groups is 1. The van der Waals surface area contributed by atoms with Crippen molar-refractivity contribution in [2.24, 2.45) is 0 Å². The summed E-state index contributed by atoms with van der Waals surface area (Å²) in [6.07, 6.45) is 3.51. The summed E-state index contributed by atoms with van der Waals surface area (Å²) >= 11 is 8.55. The maximum atomic E-state index is 12.2. The van der Waals surface area contributed by atoms with Gasteiger partial charge in [0.2, 0.25) is 0 Å². The van der Waals surface area contributed by atoms with Crippen LogP contribution in [0.5, 0.6) is 0 Å². The number of benzene rings is 1.